The molecule has 4 rings (SSSR count). The number of furan rings is 1. The number of carbonyl (C=O) groups excluding carboxylic acids is 1. The summed E-state index contributed by atoms with van der Waals surface area (Å²) < 4.78 is 18.0. The van der Waals surface area contributed by atoms with Gasteiger partial charge in [0.1, 0.15) is 12.3 Å². The molecule has 0 atom stereocenters. The van der Waals surface area contributed by atoms with Gasteiger partial charge >= 0.3 is 5.69 Å². The van der Waals surface area contributed by atoms with E-state index in [2.05, 4.69) is 5.32 Å². The van der Waals surface area contributed by atoms with Crippen LogP contribution < -0.4 is 26.0 Å². The van der Waals surface area contributed by atoms with E-state index in [-0.39, 0.29) is 13.1 Å². The Morgan fingerprint density at radius 2 is 1.78 bits per heavy atom. The van der Waals surface area contributed by atoms with Crippen LogP contribution in [0.4, 0.5) is 0 Å². The number of nitrogens with one attached hydrogen (secondary N) is 1. The van der Waals surface area contributed by atoms with Crippen LogP contribution in [0.15, 0.2) is 74.9 Å². The molecule has 2 aromatic heterocycles. The van der Waals surface area contributed by atoms with Gasteiger partial charge in [0.15, 0.2) is 11.5 Å². The number of para-hydroxylation sites is 1. The lowest BCUT2D eigenvalue weighted by Gasteiger charge is -2.15. The molecule has 0 saturated heterocycles. The van der Waals surface area contributed by atoms with E-state index < -0.39 is 17.2 Å². The maximum Gasteiger partial charge on any atom is 0.336 e. The van der Waals surface area contributed by atoms with Gasteiger partial charge in [-0.1, -0.05) is 12.1 Å². The molecule has 9 heteroatoms. The van der Waals surface area contributed by atoms with Gasteiger partial charge in [-0.05, 0) is 36.4 Å². The zero-order chi connectivity index (χ0) is 22.7. The fraction of sp³-hybridized carbons (Fsp3) is 0.174. The summed E-state index contributed by atoms with van der Waals surface area (Å²) in [6.07, 6.45) is 1.51. The monoisotopic (exact) mass is 435 g/mol. The zero-order valence-corrected chi connectivity index (χ0v) is 17.5. The third-order valence-electron chi connectivity index (χ3n) is 5.02. The molecule has 32 heavy (non-hydrogen) atoms. The molecule has 9 nitrogen and oxygen atoms in total. The van der Waals surface area contributed by atoms with Gasteiger partial charge in [-0.3, -0.25) is 14.2 Å². The van der Waals surface area contributed by atoms with Gasteiger partial charge in [-0.25, -0.2) is 9.36 Å². The van der Waals surface area contributed by atoms with Crippen molar-refractivity contribution in [3.05, 3.63) is 87.5 Å². The van der Waals surface area contributed by atoms with Gasteiger partial charge in [0.05, 0.1) is 43.6 Å². The number of carbonyl (C=O) groups is 1. The maximum atomic E-state index is 13.4. The number of amides is 1. The van der Waals surface area contributed by atoms with E-state index in [0.29, 0.717) is 33.8 Å². The number of nitrogens with zero attached hydrogens (tertiary/aromatic N) is 2. The van der Waals surface area contributed by atoms with E-state index in [0.717, 1.165) is 4.57 Å². The summed E-state index contributed by atoms with van der Waals surface area (Å²) in [6, 6.07) is 14.8. The highest BCUT2D eigenvalue weighted by Crippen LogP contribution is 2.28. The van der Waals surface area contributed by atoms with Crippen molar-refractivity contribution in [1.82, 2.24) is 14.5 Å². The molecule has 0 bridgehead atoms. The summed E-state index contributed by atoms with van der Waals surface area (Å²) in [5, 5.41) is 3.02. The molecule has 1 amide bonds. The average Bonchev–Trinajstić information content (AvgIpc) is 3.34. The number of rotatable bonds is 7. The molecule has 2 heterocycles. The molecule has 0 radical (unpaired) electrons. The van der Waals surface area contributed by atoms with Crippen molar-refractivity contribution in [3.63, 3.8) is 0 Å². The van der Waals surface area contributed by atoms with E-state index in [1.807, 2.05) is 0 Å². The molecule has 2 aromatic carbocycles. The molecular formula is C23H21N3O6. The van der Waals surface area contributed by atoms with E-state index in [9.17, 15) is 14.4 Å². The summed E-state index contributed by atoms with van der Waals surface area (Å²) >= 11 is 0. The fourth-order valence-corrected chi connectivity index (χ4v) is 3.46. The van der Waals surface area contributed by atoms with Crippen LogP contribution in [0, 0.1) is 0 Å². The number of ether oxygens (including phenoxy) is 2. The number of aromatic nitrogens is 2. The van der Waals surface area contributed by atoms with Crippen molar-refractivity contribution < 1.29 is 18.7 Å². The minimum atomic E-state index is -0.644. The molecular weight excluding hydrogens is 414 g/mol. The second kappa shape index (κ2) is 8.84. The largest absolute Gasteiger partial charge is 0.493 e. The number of hydrogen-bond donors (Lipinski definition) is 1. The van der Waals surface area contributed by atoms with Gasteiger partial charge in [-0.15, -0.1) is 0 Å². The second-order valence-corrected chi connectivity index (χ2v) is 6.92. The molecule has 0 aliphatic carbocycles. The summed E-state index contributed by atoms with van der Waals surface area (Å²) in [4.78, 5) is 39.2. The first-order chi connectivity index (χ1) is 15.5. The lowest BCUT2D eigenvalue weighted by molar-refractivity contribution is -0.121. The minimum absolute atomic E-state index is 0.188. The Morgan fingerprint density at radius 1 is 1.00 bits per heavy atom. The molecule has 0 unspecified atom stereocenters. The van der Waals surface area contributed by atoms with Crippen LogP contribution in [0.1, 0.15) is 5.76 Å². The van der Waals surface area contributed by atoms with Gasteiger partial charge < -0.3 is 19.2 Å². The predicted octanol–water partition coefficient (Wildman–Crippen LogP) is 2.08. The van der Waals surface area contributed by atoms with E-state index in [4.69, 9.17) is 13.9 Å². The van der Waals surface area contributed by atoms with Gasteiger partial charge in [0.25, 0.3) is 5.56 Å². The Morgan fingerprint density at radius 3 is 2.50 bits per heavy atom. The van der Waals surface area contributed by atoms with Crippen LogP contribution in [0.3, 0.4) is 0 Å². The third kappa shape index (κ3) is 3.87. The first-order valence-electron chi connectivity index (χ1n) is 9.79. The summed E-state index contributed by atoms with van der Waals surface area (Å²) in [5.74, 6) is 1.02. The quantitative estimate of drug-likeness (QED) is 0.477. The van der Waals surface area contributed by atoms with Crippen LogP contribution in [0.2, 0.25) is 0 Å². The maximum absolute atomic E-state index is 13.4. The van der Waals surface area contributed by atoms with Crippen LogP contribution in [0.25, 0.3) is 16.6 Å². The smallest absolute Gasteiger partial charge is 0.336 e. The second-order valence-electron chi connectivity index (χ2n) is 6.92. The van der Waals surface area contributed by atoms with Crippen LogP contribution >= 0.6 is 0 Å². The lowest BCUT2D eigenvalue weighted by atomic mass is 10.2. The lowest BCUT2D eigenvalue weighted by Crippen LogP contribution is -2.41. The first-order valence-corrected chi connectivity index (χ1v) is 9.79. The van der Waals surface area contributed by atoms with Gasteiger partial charge in [0, 0.05) is 6.07 Å². The molecule has 0 spiro atoms. The minimum Gasteiger partial charge on any atom is -0.493 e. The Labute approximate surface area is 182 Å². The van der Waals surface area contributed by atoms with Crippen molar-refractivity contribution in [2.45, 2.75) is 13.1 Å². The molecule has 164 valence electrons. The van der Waals surface area contributed by atoms with Crippen molar-refractivity contribution >= 4 is 16.8 Å². The van der Waals surface area contributed by atoms with E-state index in [1.165, 1.54) is 31.1 Å². The Bertz CT molecular complexity index is 1390. The molecule has 0 fully saturated rings. The highest BCUT2D eigenvalue weighted by molar-refractivity contribution is 5.82. The van der Waals surface area contributed by atoms with Crippen LogP contribution in [-0.2, 0) is 17.9 Å². The summed E-state index contributed by atoms with van der Waals surface area (Å²) in [7, 11) is 2.96. The number of methoxy groups -OCH3 is 2. The highest BCUT2D eigenvalue weighted by atomic mass is 16.5. The summed E-state index contributed by atoms with van der Waals surface area (Å²) in [5.41, 5.74) is -0.473. The van der Waals surface area contributed by atoms with E-state index in [1.54, 1.807) is 48.5 Å². The Kier molecular flexibility index (Phi) is 5.80. The highest BCUT2D eigenvalue weighted by Gasteiger charge is 2.18. The SMILES string of the molecule is COc1ccc(-n2c(=O)c3ccccc3n(CC(=O)NCc3ccco3)c2=O)cc1OC. The van der Waals surface area contributed by atoms with Crippen molar-refractivity contribution in [3.8, 4) is 17.2 Å². The number of benzene rings is 2. The normalized spacial score (nSPS) is 10.8. The standard InChI is InChI=1S/C23H21N3O6/c1-30-19-10-9-15(12-20(19)31-2)26-22(28)17-7-3-4-8-18(17)25(23(26)29)14-21(27)24-13-16-6-5-11-32-16/h3-12H,13-14H2,1-2H3,(H,24,27). The van der Waals surface area contributed by atoms with Crippen LogP contribution in [-0.4, -0.2) is 29.3 Å². The summed E-state index contributed by atoms with van der Waals surface area (Å²) in [6.45, 7) is -0.0819. The zero-order valence-electron chi connectivity index (χ0n) is 17.5. The molecule has 0 saturated carbocycles. The first kappa shape index (κ1) is 21.0. The van der Waals surface area contributed by atoms with Crippen molar-refractivity contribution in [2.24, 2.45) is 0 Å². The number of hydrogen-bond acceptors (Lipinski definition) is 6. The van der Waals surface area contributed by atoms with Gasteiger partial charge in [0.2, 0.25) is 5.91 Å². The fourth-order valence-electron chi connectivity index (χ4n) is 3.46. The molecule has 0 aliphatic rings. The number of fused-ring (bicyclic) bond motifs is 1. The topological polar surface area (TPSA) is 105 Å². The Balaban J connectivity index is 1.80. The molecule has 1 N–H and O–H groups in total. The van der Waals surface area contributed by atoms with Crippen molar-refractivity contribution in [1.29, 1.82) is 0 Å². The van der Waals surface area contributed by atoms with Gasteiger partial charge in [-0.2, -0.15) is 0 Å². The molecule has 4 aromatic rings. The van der Waals surface area contributed by atoms with Crippen molar-refractivity contribution in [2.75, 3.05) is 14.2 Å². The predicted molar refractivity (Wildman–Crippen MR) is 117 cm³/mol. The third-order valence-corrected chi connectivity index (χ3v) is 5.02. The Hall–Kier alpha value is -4.27. The van der Waals surface area contributed by atoms with Crippen LogP contribution in [0.5, 0.6) is 11.5 Å². The van der Waals surface area contributed by atoms with E-state index >= 15 is 0 Å². The molecule has 0 aliphatic heterocycles. The average molecular weight is 435 g/mol.